The first-order valence-electron chi connectivity index (χ1n) is 7.11. The third-order valence-corrected chi connectivity index (χ3v) is 3.70. The Morgan fingerprint density at radius 3 is 2.45 bits per heavy atom. The third kappa shape index (κ3) is 3.21. The number of benzene rings is 1. The Balaban J connectivity index is 1.63. The smallest absolute Gasteiger partial charge is 0.228 e. The number of carbonyl (C=O) groups is 1. The monoisotopic (exact) mass is 303 g/mol. The summed E-state index contributed by atoms with van der Waals surface area (Å²) in [4.78, 5) is 15.9. The highest BCUT2D eigenvalue weighted by Gasteiger charge is 2.25. The first-order chi connectivity index (χ1) is 10.6. The zero-order valence-electron chi connectivity index (χ0n) is 11.8. The minimum absolute atomic E-state index is 0.0000600. The summed E-state index contributed by atoms with van der Waals surface area (Å²) in [6, 6.07) is 6.94. The van der Waals surface area contributed by atoms with Crippen molar-refractivity contribution in [3.63, 3.8) is 0 Å². The number of carbonyl (C=O) groups excluding carboxylic acids is 1. The fourth-order valence-electron chi connectivity index (χ4n) is 2.18. The molecule has 1 aliphatic rings. The Morgan fingerprint density at radius 2 is 1.86 bits per heavy atom. The lowest BCUT2D eigenvalue weighted by Gasteiger charge is -2.23. The summed E-state index contributed by atoms with van der Waals surface area (Å²) in [6.07, 6.45) is 4.49. The largest absolute Gasteiger partial charge is 0.354 e. The molecular formula is C16H15F2N3O. The second-order valence-corrected chi connectivity index (χ2v) is 5.30. The molecule has 0 radical (unpaired) electrons. The third-order valence-electron chi connectivity index (χ3n) is 3.70. The van der Waals surface area contributed by atoms with Crippen LogP contribution in [0.3, 0.4) is 0 Å². The van der Waals surface area contributed by atoms with E-state index < -0.39 is 11.6 Å². The van der Waals surface area contributed by atoms with Crippen LogP contribution in [-0.4, -0.2) is 10.9 Å². The number of hydrogen-bond donors (Lipinski definition) is 2. The van der Waals surface area contributed by atoms with Crippen LogP contribution in [0.2, 0.25) is 0 Å². The summed E-state index contributed by atoms with van der Waals surface area (Å²) >= 11 is 0. The number of nitrogens with zero attached hydrogens (tertiary/aromatic N) is 1. The van der Waals surface area contributed by atoms with E-state index in [0.717, 1.165) is 31.4 Å². The summed E-state index contributed by atoms with van der Waals surface area (Å²) in [5, 5.41) is 5.68. The van der Waals surface area contributed by atoms with E-state index >= 15 is 0 Å². The van der Waals surface area contributed by atoms with Crippen molar-refractivity contribution in [1.29, 1.82) is 0 Å². The average Bonchev–Trinajstić information content (AvgIpc) is 2.43. The van der Waals surface area contributed by atoms with E-state index in [4.69, 9.17) is 0 Å². The molecule has 4 nitrogen and oxygen atoms in total. The van der Waals surface area contributed by atoms with Gasteiger partial charge in [-0.05, 0) is 37.1 Å². The van der Waals surface area contributed by atoms with Crippen LogP contribution in [0.4, 0.5) is 26.0 Å². The van der Waals surface area contributed by atoms with Gasteiger partial charge in [-0.1, -0.05) is 6.42 Å². The SMILES string of the molecule is O=C(Nc1ccc(Nc2ccc(F)c(F)c2)cn1)C1CCC1. The van der Waals surface area contributed by atoms with Crippen LogP contribution in [0.1, 0.15) is 19.3 Å². The average molecular weight is 303 g/mol. The molecule has 1 amide bonds. The molecule has 1 heterocycles. The Morgan fingerprint density at radius 1 is 1.09 bits per heavy atom. The van der Waals surface area contributed by atoms with Crippen molar-refractivity contribution >= 4 is 23.1 Å². The molecule has 1 aliphatic carbocycles. The maximum absolute atomic E-state index is 13.1. The fraction of sp³-hybridized carbons (Fsp3) is 0.250. The molecule has 0 unspecified atom stereocenters. The van der Waals surface area contributed by atoms with Crippen LogP contribution in [0, 0.1) is 17.6 Å². The second kappa shape index (κ2) is 6.09. The van der Waals surface area contributed by atoms with Crippen LogP contribution >= 0.6 is 0 Å². The van der Waals surface area contributed by atoms with Gasteiger partial charge in [-0.25, -0.2) is 13.8 Å². The molecular weight excluding hydrogens is 288 g/mol. The van der Waals surface area contributed by atoms with E-state index in [1.54, 1.807) is 12.1 Å². The Labute approximate surface area is 126 Å². The molecule has 2 N–H and O–H groups in total. The van der Waals surface area contributed by atoms with Crippen LogP contribution in [-0.2, 0) is 4.79 Å². The maximum atomic E-state index is 13.1. The van der Waals surface area contributed by atoms with Crippen molar-refractivity contribution in [2.45, 2.75) is 19.3 Å². The molecule has 22 heavy (non-hydrogen) atoms. The van der Waals surface area contributed by atoms with Crippen molar-refractivity contribution in [3.8, 4) is 0 Å². The Kier molecular flexibility index (Phi) is 4.00. The molecule has 1 aromatic heterocycles. The first-order valence-corrected chi connectivity index (χ1v) is 7.11. The molecule has 1 aromatic carbocycles. The normalized spacial score (nSPS) is 14.3. The number of amides is 1. The highest BCUT2D eigenvalue weighted by Crippen LogP contribution is 2.27. The summed E-state index contributed by atoms with van der Waals surface area (Å²) in [5.41, 5.74) is 1.04. The molecule has 0 atom stereocenters. The summed E-state index contributed by atoms with van der Waals surface area (Å²) in [5.74, 6) is -1.23. The van der Waals surface area contributed by atoms with Gasteiger partial charge in [-0.3, -0.25) is 4.79 Å². The zero-order valence-corrected chi connectivity index (χ0v) is 11.8. The van der Waals surface area contributed by atoms with Gasteiger partial charge in [-0.15, -0.1) is 0 Å². The fourth-order valence-corrected chi connectivity index (χ4v) is 2.18. The van der Waals surface area contributed by atoms with Crippen LogP contribution in [0.15, 0.2) is 36.5 Å². The van der Waals surface area contributed by atoms with E-state index in [9.17, 15) is 13.6 Å². The topological polar surface area (TPSA) is 54.0 Å². The standard InChI is InChI=1S/C16H15F2N3O/c17-13-6-4-11(8-14(13)18)20-12-5-7-15(19-9-12)21-16(22)10-2-1-3-10/h4-10,20H,1-3H2,(H,19,21,22). The van der Waals surface area contributed by atoms with Gasteiger partial charge in [0.1, 0.15) is 5.82 Å². The van der Waals surface area contributed by atoms with Gasteiger partial charge in [0.15, 0.2) is 11.6 Å². The maximum Gasteiger partial charge on any atom is 0.228 e. The van der Waals surface area contributed by atoms with Gasteiger partial charge < -0.3 is 10.6 Å². The van der Waals surface area contributed by atoms with Gasteiger partial charge in [0.25, 0.3) is 0 Å². The van der Waals surface area contributed by atoms with E-state index in [0.29, 0.717) is 17.2 Å². The zero-order chi connectivity index (χ0) is 15.5. The molecule has 1 saturated carbocycles. The molecule has 2 aromatic rings. The lowest BCUT2D eigenvalue weighted by molar-refractivity contribution is -0.122. The van der Waals surface area contributed by atoms with Gasteiger partial charge in [0.05, 0.1) is 11.9 Å². The van der Waals surface area contributed by atoms with Gasteiger partial charge in [0.2, 0.25) is 5.91 Å². The molecule has 6 heteroatoms. The number of pyridine rings is 1. The van der Waals surface area contributed by atoms with Crippen molar-refractivity contribution in [2.75, 3.05) is 10.6 Å². The lowest BCUT2D eigenvalue weighted by Crippen LogP contribution is -2.28. The number of hydrogen-bond acceptors (Lipinski definition) is 3. The molecule has 1 fully saturated rings. The highest BCUT2D eigenvalue weighted by molar-refractivity contribution is 5.92. The van der Waals surface area contributed by atoms with Crippen LogP contribution in [0.25, 0.3) is 0 Å². The minimum atomic E-state index is -0.914. The first kappa shape index (κ1) is 14.4. The van der Waals surface area contributed by atoms with E-state index in [1.807, 2.05) is 0 Å². The lowest BCUT2D eigenvalue weighted by atomic mass is 9.85. The summed E-state index contributed by atoms with van der Waals surface area (Å²) in [6.45, 7) is 0. The van der Waals surface area contributed by atoms with Gasteiger partial charge in [-0.2, -0.15) is 0 Å². The quantitative estimate of drug-likeness (QED) is 0.902. The van der Waals surface area contributed by atoms with E-state index in [1.165, 1.54) is 12.3 Å². The van der Waals surface area contributed by atoms with Crippen molar-refractivity contribution in [2.24, 2.45) is 5.92 Å². The number of rotatable bonds is 4. The molecule has 0 saturated heterocycles. The van der Waals surface area contributed by atoms with Gasteiger partial charge in [0, 0.05) is 17.7 Å². The van der Waals surface area contributed by atoms with Crippen molar-refractivity contribution < 1.29 is 13.6 Å². The number of aromatic nitrogens is 1. The van der Waals surface area contributed by atoms with Crippen molar-refractivity contribution in [3.05, 3.63) is 48.2 Å². The van der Waals surface area contributed by atoms with E-state index in [2.05, 4.69) is 15.6 Å². The van der Waals surface area contributed by atoms with Crippen LogP contribution in [0.5, 0.6) is 0 Å². The molecule has 0 spiro atoms. The molecule has 3 rings (SSSR count). The van der Waals surface area contributed by atoms with Crippen molar-refractivity contribution in [1.82, 2.24) is 4.98 Å². The predicted octanol–water partition coefficient (Wildman–Crippen LogP) is 3.84. The Hall–Kier alpha value is -2.50. The number of halogens is 2. The minimum Gasteiger partial charge on any atom is -0.354 e. The molecule has 0 aliphatic heterocycles. The highest BCUT2D eigenvalue weighted by atomic mass is 19.2. The summed E-state index contributed by atoms with van der Waals surface area (Å²) in [7, 11) is 0. The Bertz CT molecular complexity index is 684. The second-order valence-electron chi connectivity index (χ2n) is 5.30. The predicted molar refractivity (Wildman–Crippen MR) is 79.8 cm³/mol. The van der Waals surface area contributed by atoms with Crippen LogP contribution < -0.4 is 10.6 Å². The van der Waals surface area contributed by atoms with E-state index in [-0.39, 0.29) is 11.8 Å². The number of nitrogens with one attached hydrogen (secondary N) is 2. The molecule has 0 bridgehead atoms. The number of anilines is 3. The summed E-state index contributed by atoms with van der Waals surface area (Å²) < 4.78 is 26.0. The molecule has 114 valence electrons. The van der Waals surface area contributed by atoms with Gasteiger partial charge >= 0.3 is 0 Å².